The molecule has 0 saturated carbocycles. The second-order valence-electron chi connectivity index (χ2n) is 9.98. The highest BCUT2D eigenvalue weighted by atomic mass is 35.5. The van der Waals surface area contributed by atoms with Crippen molar-refractivity contribution in [3.63, 3.8) is 0 Å². The normalized spacial score (nSPS) is 23.1. The minimum atomic E-state index is -0.594. The SMILES string of the molecule is CN1CCN(Cc2ccc(N3C[C@H](N4N=C(CCc5ccc(Cl)cc5)SC4C(N)=O)CC3=O)cc2)CC1. The van der Waals surface area contributed by atoms with Crippen molar-refractivity contribution in [3.8, 4) is 0 Å². The molecule has 8 nitrogen and oxygen atoms in total. The number of hydrazone groups is 1. The molecule has 5 rings (SSSR count). The lowest BCUT2D eigenvalue weighted by Gasteiger charge is -2.32. The van der Waals surface area contributed by atoms with E-state index >= 15 is 0 Å². The molecule has 2 aromatic carbocycles. The van der Waals surface area contributed by atoms with Crippen molar-refractivity contribution in [1.29, 1.82) is 0 Å². The Kier molecular flexibility index (Phi) is 8.04. The lowest BCUT2D eigenvalue weighted by Crippen LogP contribution is -2.44. The molecule has 2 N–H and O–H groups in total. The van der Waals surface area contributed by atoms with Crippen molar-refractivity contribution >= 4 is 45.9 Å². The Labute approximate surface area is 227 Å². The number of nitrogens with two attached hydrogens (primary N) is 1. The molecule has 3 aliphatic heterocycles. The van der Waals surface area contributed by atoms with Gasteiger partial charge in [0.25, 0.3) is 5.91 Å². The Morgan fingerprint density at radius 2 is 1.70 bits per heavy atom. The monoisotopic (exact) mass is 540 g/mol. The van der Waals surface area contributed by atoms with E-state index in [-0.39, 0.29) is 11.9 Å². The Balaban J connectivity index is 1.21. The van der Waals surface area contributed by atoms with E-state index in [1.54, 1.807) is 9.91 Å². The number of carbonyl (C=O) groups is 2. The number of nitrogens with zero attached hydrogens (tertiary/aromatic N) is 5. The van der Waals surface area contributed by atoms with Gasteiger partial charge >= 0.3 is 0 Å². The lowest BCUT2D eigenvalue weighted by molar-refractivity contribution is -0.121. The third-order valence-electron chi connectivity index (χ3n) is 7.23. The number of benzene rings is 2. The van der Waals surface area contributed by atoms with Crippen molar-refractivity contribution in [3.05, 3.63) is 64.7 Å². The van der Waals surface area contributed by atoms with Gasteiger partial charge in [0.1, 0.15) is 0 Å². The number of carbonyl (C=O) groups excluding carboxylic acids is 2. The van der Waals surface area contributed by atoms with Crippen LogP contribution in [0.1, 0.15) is 24.0 Å². The second-order valence-corrected chi connectivity index (χ2v) is 11.6. The molecule has 2 atom stereocenters. The first-order valence-corrected chi connectivity index (χ1v) is 14.0. The average molecular weight is 541 g/mol. The van der Waals surface area contributed by atoms with Gasteiger partial charge in [-0.3, -0.25) is 19.5 Å². The van der Waals surface area contributed by atoms with E-state index in [1.165, 1.54) is 17.3 Å². The van der Waals surface area contributed by atoms with Gasteiger partial charge in [0, 0.05) is 56.4 Å². The molecule has 1 unspecified atom stereocenters. The van der Waals surface area contributed by atoms with Gasteiger partial charge in [-0.05, 0) is 48.9 Å². The van der Waals surface area contributed by atoms with Crippen LogP contribution >= 0.6 is 23.4 Å². The number of anilines is 1. The van der Waals surface area contributed by atoms with E-state index in [9.17, 15) is 9.59 Å². The highest BCUT2D eigenvalue weighted by Gasteiger charge is 2.42. The number of likely N-dealkylation sites (N-methyl/N-ethyl adjacent to an activating group) is 1. The van der Waals surface area contributed by atoms with Crippen LogP contribution in [0.2, 0.25) is 5.02 Å². The minimum absolute atomic E-state index is 0.0369. The van der Waals surface area contributed by atoms with Crippen LogP contribution in [0.5, 0.6) is 0 Å². The summed E-state index contributed by atoms with van der Waals surface area (Å²) in [6.07, 6.45) is 1.80. The summed E-state index contributed by atoms with van der Waals surface area (Å²) < 4.78 is 0. The van der Waals surface area contributed by atoms with Crippen molar-refractivity contribution in [2.45, 2.75) is 37.2 Å². The van der Waals surface area contributed by atoms with Crippen LogP contribution < -0.4 is 10.6 Å². The number of aryl methyl sites for hydroxylation is 1. The first kappa shape index (κ1) is 26.0. The standard InChI is InChI=1S/C27H33ClN6O2S/c1-31-12-14-32(15-13-31)17-20-4-9-22(10-5-20)33-18-23(16-25(33)35)34-27(26(29)36)37-24(30-34)11-6-19-2-7-21(28)8-3-19/h2-5,7-10,23,27H,6,11-18H2,1H3,(H2,29,36)/t23-,27?/m1/s1. The summed E-state index contributed by atoms with van der Waals surface area (Å²) in [6, 6.07) is 15.8. The molecule has 0 aliphatic carbocycles. The Morgan fingerprint density at radius 3 is 2.38 bits per heavy atom. The number of halogens is 1. The summed E-state index contributed by atoms with van der Waals surface area (Å²) in [5, 5.41) is 7.48. The summed E-state index contributed by atoms with van der Waals surface area (Å²) in [4.78, 5) is 31.8. The number of rotatable bonds is 8. The number of thioether (sulfide) groups is 1. The summed E-state index contributed by atoms with van der Waals surface area (Å²) in [6.45, 7) is 5.73. The van der Waals surface area contributed by atoms with Gasteiger partial charge < -0.3 is 15.5 Å². The van der Waals surface area contributed by atoms with E-state index in [0.717, 1.165) is 55.4 Å². The molecule has 0 spiro atoms. The summed E-state index contributed by atoms with van der Waals surface area (Å²) in [5.41, 5.74) is 9.01. The fourth-order valence-corrected chi connectivity index (χ4v) is 6.21. The predicted octanol–water partition coefficient (Wildman–Crippen LogP) is 3.00. The summed E-state index contributed by atoms with van der Waals surface area (Å²) >= 11 is 7.37. The van der Waals surface area contributed by atoms with Crippen LogP contribution in [-0.2, 0) is 22.6 Å². The number of piperazine rings is 1. The Morgan fingerprint density at radius 1 is 1.03 bits per heavy atom. The maximum atomic E-state index is 13.0. The molecule has 2 amide bonds. The number of hydrogen-bond donors (Lipinski definition) is 1. The lowest BCUT2D eigenvalue weighted by atomic mass is 10.1. The molecule has 37 heavy (non-hydrogen) atoms. The molecule has 0 aromatic heterocycles. The van der Waals surface area contributed by atoms with Gasteiger partial charge in [-0.1, -0.05) is 47.6 Å². The minimum Gasteiger partial charge on any atom is -0.367 e. The molecule has 3 heterocycles. The molecular weight excluding hydrogens is 508 g/mol. The zero-order valence-corrected chi connectivity index (χ0v) is 22.6. The molecule has 2 fully saturated rings. The molecule has 3 aliphatic rings. The molecule has 2 aromatic rings. The fraction of sp³-hybridized carbons (Fsp3) is 0.444. The molecular formula is C27H33ClN6O2S. The van der Waals surface area contributed by atoms with Crippen LogP contribution in [0.15, 0.2) is 53.6 Å². The largest absolute Gasteiger partial charge is 0.367 e. The van der Waals surface area contributed by atoms with Crippen molar-refractivity contribution in [2.24, 2.45) is 10.8 Å². The summed E-state index contributed by atoms with van der Waals surface area (Å²) in [7, 11) is 2.16. The number of hydrogen-bond acceptors (Lipinski definition) is 7. The average Bonchev–Trinajstić information content (AvgIpc) is 3.49. The van der Waals surface area contributed by atoms with Crippen LogP contribution in [0.3, 0.4) is 0 Å². The molecule has 0 radical (unpaired) electrons. The molecule has 196 valence electrons. The van der Waals surface area contributed by atoms with Gasteiger partial charge in [-0.15, -0.1) is 0 Å². The zero-order valence-electron chi connectivity index (χ0n) is 21.1. The van der Waals surface area contributed by atoms with E-state index in [1.807, 2.05) is 36.4 Å². The van der Waals surface area contributed by atoms with Crippen molar-refractivity contribution < 1.29 is 9.59 Å². The van der Waals surface area contributed by atoms with Crippen LogP contribution in [0.25, 0.3) is 0 Å². The summed E-state index contributed by atoms with van der Waals surface area (Å²) in [5.74, 6) is -0.399. The first-order chi connectivity index (χ1) is 17.9. The van der Waals surface area contributed by atoms with E-state index in [4.69, 9.17) is 22.4 Å². The highest BCUT2D eigenvalue weighted by molar-refractivity contribution is 8.15. The Bertz CT molecular complexity index is 1150. The van der Waals surface area contributed by atoms with Crippen LogP contribution in [0.4, 0.5) is 5.69 Å². The van der Waals surface area contributed by atoms with Crippen LogP contribution in [-0.4, -0.2) is 82.9 Å². The van der Waals surface area contributed by atoms with Crippen molar-refractivity contribution in [1.82, 2.24) is 14.8 Å². The van der Waals surface area contributed by atoms with Gasteiger partial charge in [0.2, 0.25) is 5.91 Å². The van der Waals surface area contributed by atoms with Gasteiger partial charge in [-0.2, -0.15) is 5.10 Å². The Hall–Kier alpha value is -2.59. The third kappa shape index (κ3) is 6.29. The van der Waals surface area contributed by atoms with Gasteiger partial charge in [-0.25, -0.2) is 0 Å². The van der Waals surface area contributed by atoms with E-state index < -0.39 is 11.3 Å². The third-order valence-corrected chi connectivity index (χ3v) is 8.71. The quantitative estimate of drug-likeness (QED) is 0.554. The predicted molar refractivity (Wildman–Crippen MR) is 150 cm³/mol. The number of amides is 2. The zero-order chi connectivity index (χ0) is 25.9. The second kappa shape index (κ2) is 11.4. The number of primary amides is 1. The molecule has 2 saturated heterocycles. The first-order valence-electron chi connectivity index (χ1n) is 12.7. The van der Waals surface area contributed by atoms with Gasteiger partial charge in [0.15, 0.2) is 5.37 Å². The van der Waals surface area contributed by atoms with Crippen LogP contribution in [0, 0.1) is 0 Å². The maximum Gasteiger partial charge on any atom is 0.252 e. The fourth-order valence-electron chi connectivity index (χ4n) is 5.02. The van der Waals surface area contributed by atoms with E-state index in [0.29, 0.717) is 24.4 Å². The molecule has 0 bridgehead atoms. The maximum absolute atomic E-state index is 13.0. The van der Waals surface area contributed by atoms with E-state index in [2.05, 4.69) is 29.0 Å². The highest BCUT2D eigenvalue weighted by Crippen LogP contribution is 2.34. The van der Waals surface area contributed by atoms with Crippen molar-refractivity contribution in [2.75, 3.05) is 44.7 Å². The topological polar surface area (TPSA) is 85.5 Å². The smallest absolute Gasteiger partial charge is 0.252 e. The van der Waals surface area contributed by atoms with Gasteiger partial charge in [0.05, 0.1) is 17.5 Å². The molecule has 10 heteroatoms.